The van der Waals surface area contributed by atoms with E-state index < -0.39 is 0 Å². The van der Waals surface area contributed by atoms with Gasteiger partial charge >= 0.3 is 0 Å². The number of rotatable bonds is 3. The molecule has 1 fully saturated rings. The first-order chi connectivity index (χ1) is 7.25. The van der Waals surface area contributed by atoms with E-state index in [0.29, 0.717) is 0 Å². The summed E-state index contributed by atoms with van der Waals surface area (Å²) in [6, 6.07) is 6.17. The molecule has 1 aliphatic heterocycles. The van der Waals surface area contributed by atoms with Gasteiger partial charge in [-0.15, -0.1) is 0 Å². The average Bonchev–Trinajstić information content (AvgIpc) is 2.69. The number of nitrogens with zero attached hydrogens (tertiary/aromatic N) is 1. The standard InChI is InChI=1S/C12H17BrN2/c13-11-4-3-10(12(14)9-11)5-8-15-6-1-2-7-15/h3-4,9H,1-2,5-8,14H2. The first kappa shape index (κ1) is 11.0. The van der Waals surface area contributed by atoms with Gasteiger partial charge in [-0.2, -0.15) is 0 Å². The van der Waals surface area contributed by atoms with Crippen LogP contribution in [0.3, 0.4) is 0 Å². The molecule has 1 saturated heterocycles. The summed E-state index contributed by atoms with van der Waals surface area (Å²) in [6.45, 7) is 3.67. The van der Waals surface area contributed by atoms with Crippen LogP contribution in [-0.4, -0.2) is 24.5 Å². The predicted octanol–water partition coefficient (Wildman–Crippen LogP) is 2.67. The number of anilines is 1. The number of hydrogen-bond acceptors (Lipinski definition) is 2. The van der Waals surface area contributed by atoms with Gasteiger partial charge in [0.1, 0.15) is 0 Å². The molecule has 2 rings (SSSR count). The minimum atomic E-state index is 0.906. The van der Waals surface area contributed by atoms with Gasteiger partial charge < -0.3 is 10.6 Å². The predicted molar refractivity (Wildman–Crippen MR) is 67.9 cm³/mol. The van der Waals surface area contributed by atoms with Gasteiger partial charge in [0, 0.05) is 16.7 Å². The van der Waals surface area contributed by atoms with Crippen LogP contribution in [0.25, 0.3) is 0 Å². The topological polar surface area (TPSA) is 29.3 Å². The zero-order valence-corrected chi connectivity index (χ0v) is 10.5. The molecule has 0 radical (unpaired) electrons. The highest BCUT2D eigenvalue weighted by Crippen LogP contribution is 2.19. The number of benzene rings is 1. The summed E-state index contributed by atoms with van der Waals surface area (Å²) >= 11 is 3.42. The molecule has 0 spiro atoms. The first-order valence-corrected chi connectivity index (χ1v) is 6.31. The van der Waals surface area contributed by atoms with Crippen LogP contribution in [0.1, 0.15) is 18.4 Å². The van der Waals surface area contributed by atoms with Crippen molar-refractivity contribution in [3.8, 4) is 0 Å². The number of halogens is 1. The Bertz CT molecular complexity index is 332. The third kappa shape index (κ3) is 2.95. The van der Waals surface area contributed by atoms with E-state index >= 15 is 0 Å². The maximum absolute atomic E-state index is 5.96. The summed E-state index contributed by atoms with van der Waals surface area (Å²) < 4.78 is 1.06. The summed E-state index contributed by atoms with van der Waals surface area (Å²) in [5.74, 6) is 0. The van der Waals surface area contributed by atoms with Crippen molar-refractivity contribution in [1.82, 2.24) is 4.90 Å². The molecule has 82 valence electrons. The smallest absolute Gasteiger partial charge is 0.0358 e. The molecule has 3 heteroatoms. The van der Waals surface area contributed by atoms with Gasteiger partial charge in [-0.25, -0.2) is 0 Å². The molecule has 1 aromatic carbocycles. The lowest BCUT2D eigenvalue weighted by molar-refractivity contribution is 0.343. The second kappa shape index (κ2) is 4.99. The highest BCUT2D eigenvalue weighted by molar-refractivity contribution is 9.10. The van der Waals surface area contributed by atoms with Crippen LogP contribution in [0.2, 0.25) is 0 Å². The van der Waals surface area contributed by atoms with Crippen molar-refractivity contribution in [2.75, 3.05) is 25.4 Å². The summed E-state index contributed by atoms with van der Waals surface area (Å²) in [5, 5.41) is 0. The lowest BCUT2D eigenvalue weighted by Gasteiger charge is -2.15. The van der Waals surface area contributed by atoms with Gasteiger partial charge in [0.05, 0.1) is 0 Å². The fourth-order valence-corrected chi connectivity index (χ4v) is 2.46. The Balaban J connectivity index is 1.92. The average molecular weight is 269 g/mol. The molecule has 1 aromatic rings. The van der Waals surface area contributed by atoms with Crippen LogP contribution in [0.4, 0.5) is 5.69 Å². The monoisotopic (exact) mass is 268 g/mol. The van der Waals surface area contributed by atoms with Crippen molar-refractivity contribution in [3.05, 3.63) is 28.2 Å². The van der Waals surface area contributed by atoms with Gasteiger partial charge in [0.15, 0.2) is 0 Å². The van der Waals surface area contributed by atoms with E-state index in [1.54, 1.807) is 0 Å². The Hall–Kier alpha value is -0.540. The summed E-state index contributed by atoms with van der Waals surface area (Å²) in [6.07, 6.45) is 3.78. The maximum Gasteiger partial charge on any atom is 0.0358 e. The van der Waals surface area contributed by atoms with Crippen molar-refractivity contribution in [2.45, 2.75) is 19.3 Å². The van der Waals surface area contributed by atoms with E-state index in [4.69, 9.17) is 5.73 Å². The molecular formula is C12H17BrN2. The van der Waals surface area contributed by atoms with E-state index in [1.807, 2.05) is 6.07 Å². The quantitative estimate of drug-likeness (QED) is 0.855. The van der Waals surface area contributed by atoms with E-state index in [-0.39, 0.29) is 0 Å². The Morgan fingerprint density at radius 1 is 1.27 bits per heavy atom. The van der Waals surface area contributed by atoms with Gasteiger partial charge in [-0.3, -0.25) is 0 Å². The summed E-state index contributed by atoms with van der Waals surface area (Å²) in [5.41, 5.74) is 8.13. The highest BCUT2D eigenvalue weighted by Gasteiger charge is 2.11. The van der Waals surface area contributed by atoms with E-state index in [0.717, 1.165) is 23.1 Å². The second-order valence-electron chi connectivity index (χ2n) is 4.14. The van der Waals surface area contributed by atoms with Crippen LogP contribution in [0.15, 0.2) is 22.7 Å². The molecule has 15 heavy (non-hydrogen) atoms. The molecule has 0 aromatic heterocycles. The minimum Gasteiger partial charge on any atom is -0.398 e. The lowest BCUT2D eigenvalue weighted by Crippen LogP contribution is -2.22. The molecule has 0 bridgehead atoms. The summed E-state index contributed by atoms with van der Waals surface area (Å²) in [4.78, 5) is 2.52. The molecule has 0 unspecified atom stereocenters. The Labute approximate surface area is 99.6 Å². The number of likely N-dealkylation sites (tertiary alicyclic amines) is 1. The van der Waals surface area contributed by atoms with Crippen molar-refractivity contribution in [1.29, 1.82) is 0 Å². The van der Waals surface area contributed by atoms with E-state index in [1.165, 1.54) is 31.5 Å². The molecule has 0 atom stereocenters. The zero-order valence-electron chi connectivity index (χ0n) is 8.88. The van der Waals surface area contributed by atoms with Crippen LogP contribution in [0, 0.1) is 0 Å². The number of hydrogen-bond donors (Lipinski definition) is 1. The Morgan fingerprint density at radius 2 is 2.00 bits per heavy atom. The number of nitrogen functional groups attached to an aromatic ring is 1. The Kier molecular flexibility index (Phi) is 3.65. The van der Waals surface area contributed by atoms with Crippen LogP contribution in [0.5, 0.6) is 0 Å². The van der Waals surface area contributed by atoms with Crippen LogP contribution < -0.4 is 5.73 Å². The molecular weight excluding hydrogens is 252 g/mol. The molecule has 1 aliphatic rings. The lowest BCUT2D eigenvalue weighted by atomic mass is 10.1. The summed E-state index contributed by atoms with van der Waals surface area (Å²) in [7, 11) is 0. The normalized spacial score (nSPS) is 17.1. The molecule has 0 amide bonds. The van der Waals surface area contributed by atoms with Crippen LogP contribution in [-0.2, 0) is 6.42 Å². The SMILES string of the molecule is Nc1cc(Br)ccc1CCN1CCCC1. The fraction of sp³-hybridized carbons (Fsp3) is 0.500. The largest absolute Gasteiger partial charge is 0.398 e. The van der Waals surface area contributed by atoms with Crippen LogP contribution >= 0.6 is 15.9 Å². The zero-order chi connectivity index (χ0) is 10.7. The minimum absolute atomic E-state index is 0.906. The van der Waals surface area contributed by atoms with Gasteiger partial charge in [0.2, 0.25) is 0 Å². The Morgan fingerprint density at radius 3 is 2.67 bits per heavy atom. The second-order valence-corrected chi connectivity index (χ2v) is 5.06. The maximum atomic E-state index is 5.96. The third-order valence-corrected chi connectivity index (χ3v) is 3.50. The third-order valence-electron chi connectivity index (χ3n) is 3.00. The highest BCUT2D eigenvalue weighted by atomic mass is 79.9. The van der Waals surface area contributed by atoms with Crippen molar-refractivity contribution in [2.24, 2.45) is 0 Å². The van der Waals surface area contributed by atoms with Gasteiger partial charge in [0.25, 0.3) is 0 Å². The molecule has 0 aliphatic carbocycles. The van der Waals surface area contributed by atoms with E-state index in [2.05, 4.69) is 33.0 Å². The van der Waals surface area contributed by atoms with Gasteiger partial charge in [-0.05, 0) is 50.0 Å². The molecule has 2 N–H and O–H groups in total. The van der Waals surface area contributed by atoms with Crippen molar-refractivity contribution < 1.29 is 0 Å². The van der Waals surface area contributed by atoms with Crippen molar-refractivity contribution >= 4 is 21.6 Å². The van der Waals surface area contributed by atoms with Gasteiger partial charge in [-0.1, -0.05) is 22.0 Å². The number of nitrogens with two attached hydrogens (primary N) is 1. The molecule has 0 saturated carbocycles. The first-order valence-electron chi connectivity index (χ1n) is 5.52. The molecule has 1 heterocycles. The fourth-order valence-electron chi connectivity index (χ4n) is 2.08. The molecule has 2 nitrogen and oxygen atoms in total. The van der Waals surface area contributed by atoms with Crippen molar-refractivity contribution in [3.63, 3.8) is 0 Å². The van der Waals surface area contributed by atoms with E-state index in [9.17, 15) is 0 Å².